The lowest BCUT2D eigenvalue weighted by Crippen LogP contribution is -2.23. The Morgan fingerprint density at radius 2 is 2.05 bits per heavy atom. The van der Waals surface area contributed by atoms with Gasteiger partial charge < -0.3 is 9.88 Å². The maximum Gasteiger partial charge on any atom is 0.0991 e. The van der Waals surface area contributed by atoms with Gasteiger partial charge >= 0.3 is 0 Å². The number of benzene rings is 1. The van der Waals surface area contributed by atoms with Crippen LogP contribution in [0.3, 0.4) is 0 Å². The third-order valence-corrected chi connectivity index (χ3v) is 3.15. The Bertz CT molecular complexity index is 537. The van der Waals surface area contributed by atoms with Gasteiger partial charge in [0, 0.05) is 30.7 Å². The van der Waals surface area contributed by atoms with Gasteiger partial charge in [0.25, 0.3) is 0 Å². The zero-order chi connectivity index (χ0) is 13.7. The highest BCUT2D eigenvalue weighted by atomic mass is 15.0. The smallest absolute Gasteiger partial charge is 0.0991 e. The van der Waals surface area contributed by atoms with E-state index in [4.69, 9.17) is 5.26 Å². The molecule has 0 unspecified atom stereocenters. The van der Waals surface area contributed by atoms with Gasteiger partial charge in [0.1, 0.15) is 0 Å². The van der Waals surface area contributed by atoms with E-state index in [1.165, 1.54) is 5.56 Å². The van der Waals surface area contributed by atoms with Gasteiger partial charge in [-0.3, -0.25) is 0 Å². The van der Waals surface area contributed by atoms with E-state index in [-0.39, 0.29) is 12.0 Å². The molecule has 4 heteroatoms. The summed E-state index contributed by atoms with van der Waals surface area (Å²) in [6, 6.07) is 10.8. The molecule has 2 rings (SSSR count). The van der Waals surface area contributed by atoms with Crippen molar-refractivity contribution >= 4 is 0 Å². The molecule has 0 aliphatic heterocycles. The topological polar surface area (TPSA) is 53.6 Å². The highest BCUT2D eigenvalue weighted by molar-refractivity contribution is 5.35. The van der Waals surface area contributed by atoms with Gasteiger partial charge in [-0.25, -0.2) is 4.98 Å². The second kappa shape index (κ2) is 6.17. The van der Waals surface area contributed by atoms with Crippen molar-refractivity contribution in [3.05, 3.63) is 48.5 Å². The maximum atomic E-state index is 8.76. The average molecular weight is 254 g/mol. The SMILES string of the molecule is C[C@H](NC[C@@H](C)C#N)c1ccc(-n2ccnc2)cc1. The van der Waals surface area contributed by atoms with Crippen LogP contribution in [0.2, 0.25) is 0 Å². The van der Waals surface area contributed by atoms with E-state index in [9.17, 15) is 0 Å². The van der Waals surface area contributed by atoms with E-state index >= 15 is 0 Å². The van der Waals surface area contributed by atoms with Crippen LogP contribution >= 0.6 is 0 Å². The molecule has 0 saturated carbocycles. The van der Waals surface area contributed by atoms with Crippen LogP contribution in [0.5, 0.6) is 0 Å². The largest absolute Gasteiger partial charge is 0.309 e. The summed E-state index contributed by atoms with van der Waals surface area (Å²) in [7, 11) is 0. The molecule has 1 N–H and O–H groups in total. The van der Waals surface area contributed by atoms with Crippen LogP contribution in [0.25, 0.3) is 5.69 Å². The van der Waals surface area contributed by atoms with E-state index in [1.54, 1.807) is 12.5 Å². The standard InChI is InChI=1S/C15H18N4/c1-12(9-16)10-18-13(2)14-3-5-15(6-4-14)19-8-7-17-11-19/h3-8,11-13,18H,10H2,1-2H3/t12-,13-/m0/s1. The molecule has 1 aromatic carbocycles. The summed E-state index contributed by atoms with van der Waals surface area (Å²) in [6.45, 7) is 4.74. The second-order valence-electron chi connectivity index (χ2n) is 4.72. The first-order chi connectivity index (χ1) is 9.20. The normalized spacial score (nSPS) is 13.7. The molecule has 0 fully saturated rings. The number of aromatic nitrogens is 2. The third-order valence-electron chi connectivity index (χ3n) is 3.15. The van der Waals surface area contributed by atoms with Gasteiger partial charge in [0.2, 0.25) is 0 Å². The molecule has 4 nitrogen and oxygen atoms in total. The number of hydrogen-bond donors (Lipinski definition) is 1. The van der Waals surface area contributed by atoms with Gasteiger partial charge in [-0.1, -0.05) is 12.1 Å². The van der Waals surface area contributed by atoms with Crippen LogP contribution < -0.4 is 5.32 Å². The number of hydrogen-bond acceptors (Lipinski definition) is 3. The summed E-state index contributed by atoms with van der Waals surface area (Å²) in [5.74, 6) is 0.0349. The molecular formula is C15H18N4. The van der Waals surface area contributed by atoms with Gasteiger partial charge in [-0.2, -0.15) is 5.26 Å². The highest BCUT2D eigenvalue weighted by Crippen LogP contribution is 2.15. The van der Waals surface area contributed by atoms with E-state index in [0.29, 0.717) is 6.54 Å². The minimum atomic E-state index is 0.0349. The van der Waals surface area contributed by atoms with Gasteiger partial charge in [0.05, 0.1) is 18.3 Å². The summed E-state index contributed by atoms with van der Waals surface area (Å²) in [5.41, 5.74) is 2.31. The summed E-state index contributed by atoms with van der Waals surface area (Å²) < 4.78 is 1.97. The van der Waals surface area contributed by atoms with Crippen molar-refractivity contribution in [2.75, 3.05) is 6.54 Å². The van der Waals surface area contributed by atoms with Crippen molar-refractivity contribution in [3.8, 4) is 11.8 Å². The van der Waals surface area contributed by atoms with Crippen LogP contribution in [0, 0.1) is 17.2 Å². The molecule has 98 valence electrons. The molecule has 19 heavy (non-hydrogen) atoms. The molecule has 0 aliphatic carbocycles. The van der Waals surface area contributed by atoms with Crippen LogP contribution in [0.4, 0.5) is 0 Å². The summed E-state index contributed by atoms with van der Waals surface area (Å²) in [6.07, 6.45) is 5.47. The molecule has 2 atom stereocenters. The first kappa shape index (κ1) is 13.3. The van der Waals surface area contributed by atoms with Crippen molar-refractivity contribution in [2.45, 2.75) is 19.9 Å². The van der Waals surface area contributed by atoms with Gasteiger partial charge in [-0.15, -0.1) is 0 Å². The third kappa shape index (κ3) is 3.43. The molecule has 0 amide bonds. The van der Waals surface area contributed by atoms with Crippen molar-refractivity contribution in [1.29, 1.82) is 5.26 Å². The second-order valence-corrected chi connectivity index (χ2v) is 4.72. The lowest BCUT2D eigenvalue weighted by Gasteiger charge is -2.15. The lowest BCUT2D eigenvalue weighted by atomic mass is 10.1. The first-order valence-electron chi connectivity index (χ1n) is 6.42. The maximum absolute atomic E-state index is 8.76. The Kier molecular flexibility index (Phi) is 4.32. The number of nitrogens with one attached hydrogen (secondary N) is 1. The average Bonchev–Trinajstić information content (AvgIpc) is 2.98. The van der Waals surface area contributed by atoms with E-state index in [0.717, 1.165) is 5.69 Å². The molecule has 1 heterocycles. The van der Waals surface area contributed by atoms with Crippen molar-refractivity contribution in [1.82, 2.24) is 14.9 Å². The number of nitrogens with zero attached hydrogens (tertiary/aromatic N) is 3. The van der Waals surface area contributed by atoms with Crippen molar-refractivity contribution in [3.63, 3.8) is 0 Å². The van der Waals surface area contributed by atoms with E-state index < -0.39 is 0 Å². The van der Waals surface area contributed by atoms with Gasteiger partial charge in [0.15, 0.2) is 0 Å². The number of imidazole rings is 1. The minimum absolute atomic E-state index is 0.0349. The predicted molar refractivity (Wildman–Crippen MR) is 74.8 cm³/mol. The molecule has 2 aromatic rings. The zero-order valence-electron chi connectivity index (χ0n) is 11.2. The number of nitriles is 1. The number of rotatable bonds is 5. The van der Waals surface area contributed by atoms with Crippen LogP contribution in [-0.2, 0) is 0 Å². The molecule has 0 bridgehead atoms. The van der Waals surface area contributed by atoms with E-state index in [1.807, 2.05) is 17.7 Å². The Hall–Kier alpha value is -2.12. The first-order valence-corrected chi connectivity index (χ1v) is 6.42. The molecule has 1 aromatic heterocycles. The van der Waals surface area contributed by atoms with Crippen molar-refractivity contribution in [2.24, 2.45) is 5.92 Å². The molecule has 0 radical (unpaired) electrons. The van der Waals surface area contributed by atoms with Crippen molar-refractivity contribution < 1.29 is 0 Å². The van der Waals surface area contributed by atoms with Crippen LogP contribution in [-0.4, -0.2) is 16.1 Å². The monoisotopic (exact) mass is 254 g/mol. The Labute approximate surface area is 113 Å². The molecule has 0 aliphatic rings. The van der Waals surface area contributed by atoms with E-state index in [2.05, 4.69) is 47.6 Å². The zero-order valence-corrected chi connectivity index (χ0v) is 11.2. The highest BCUT2D eigenvalue weighted by Gasteiger charge is 2.07. The summed E-state index contributed by atoms with van der Waals surface area (Å²) >= 11 is 0. The lowest BCUT2D eigenvalue weighted by molar-refractivity contribution is 0.528. The Balaban J connectivity index is 2.00. The van der Waals surface area contributed by atoms with Gasteiger partial charge in [-0.05, 0) is 31.5 Å². The van der Waals surface area contributed by atoms with Crippen LogP contribution in [0.15, 0.2) is 43.0 Å². The fourth-order valence-electron chi connectivity index (χ4n) is 1.86. The summed E-state index contributed by atoms with van der Waals surface area (Å²) in [4.78, 5) is 4.03. The Morgan fingerprint density at radius 3 is 2.63 bits per heavy atom. The fraction of sp³-hybridized carbons (Fsp3) is 0.333. The predicted octanol–water partition coefficient (Wildman–Crippen LogP) is 2.68. The summed E-state index contributed by atoms with van der Waals surface area (Å²) in [5, 5.41) is 12.1. The fourth-order valence-corrected chi connectivity index (χ4v) is 1.86. The minimum Gasteiger partial charge on any atom is -0.309 e. The molecule has 0 saturated heterocycles. The molecular weight excluding hydrogens is 236 g/mol. The quantitative estimate of drug-likeness (QED) is 0.892. The van der Waals surface area contributed by atoms with Crippen LogP contribution in [0.1, 0.15) is 25.5 Å². The molecule has 0 spiro atoms. The Morgan fingerprint density at radius 1 is 1.32 bits per heavy atom.